The fraction of sp³-hybridized carbons (Fsp3) is 0.200. The van der Waals surface area contributed by atoms with E-state index in [1.54, 1.807) is 24.3 Å². The number of aryl methyl sites for hydroxylation is 1. The fourth-order valence-electron chi connectivity index (χ4n) is 3.06. The van der Waals surface area contributed by atoms with Crippen LogP contribution in [0.15, 0.2) is 78.9 Å². The van der Waals surface area contributed by atoms with Gasteiger partial charge in [-0.25, -0.2) is 0 Å². The van der Waals surface area contributed by atoms with Crippen molar-refractivity contribution >= 4 is 11.7 Å². The minimum Gasteiger partial charge on any atom is -0.484 e. The lowest BCUT2D eigenvalue weighted by atomic mass is 9.98. The number of benzene rings is 3. The van der Waals surface area contributed by atoms with Crippen LogP contribution in [0.3, 0.4) is 0 Å². The lowest BCUT2D eigenvalue weighted by Crippen LogP contribution is -2.33. The Bertz CT molecular complexity index is 948. The van der Waals surface area contributed by atoms with Crippen LogP contribution in [-0.2, 0) is 4.79 Å². The predicted molar refractivity (Wildman–Crippen MR) is 114 cm³/mol. The molecule has 0 aliphatic rings. The number of carbonyl (C=O) groups excluding carboxylic acids is 2. The molecule has 4 nitrogen and oxygen atoms in total. The molecule has 3 rings (SSSR count). The topological polar surface area (TPSA) is 55.4 Å². The first-order valence-electron chi connectivity index (χ1n) is 9.73. The summed E-state index contributed by atoms with van der Waals surface area (Å²) in [6.45, 7) is 3.76. The fourth-order valence-corrected chi connectivity index (χ4v) is 3.06. The summed E-state index contributed by atoms with van der Waals surface area (Å²) in [5.74, 6) is 0.422. The molecule has 29 heavy (non-hydrogen) atoms. The molecular formula is C25H25NO3. The largest absolute Gasteiger partial charge is 0.484 e. The molecular weight excluding hydrogens is 362 g/mol. The van der Waals surface area contributed by atoms with Gasteiger partial charge in [-0.15, -0.1) is 0 Å². The van der Waals surface area contributed by atoms with Crippen LogP contribution >= 0.6 is 0 Å². The average Bonchev–Trinajstić information content (AvgIpc) is 2.77. The van der Waals surface area contributed by atoms with Gasteiger partial charge in [-0.05, 0) is 42.3 Å². The summed E-state index contributed by atoms with van der Waals surface area (Å²) in [5, 5.41) is 3.06. The number of amides is 1. The summed E-state index contributed by atoms with van der Waals surface area (Å²) >= 11 is 0. The van der Waals surface area contributed by atoms with E-state index in [1.165, 1.54) is 5.56 Å². The van der Waals surface area contributed by atoms with Gasteiger partial charge in [0.2, 0.25) is 0 Å². The molecule has 1 atom stereocenters. The van der Waals surface area contributed by atoms with Crippen LogP contribution in [0.2, 0.25) is 0 Å². The van der Waals surface area contributed by atoms with E-state index in [4.69, 9.17) is 4.74 Å². The molecule has 0 spiro atoms. The number of carbonyl (C=O) groups is 2. The number of ketones is 1. The van der Waals surface area contributed by atoms with Crippen LogP contribution in [-0.4, -0.2) is 18.3 Å². The highest BCUT2D eigenvalue weighted by Gasteiger charge is 2.17. The van der Waals surface area contributed by atoms with Crippen LogP contribution in [0.5, 0.6) is 5.75 Å². The molecule has 0 saturated heterocycles. The molecule has 0 fully saturated rings. The second kappa shape index (κ2) is 9.69. The maximum Gasteiger partial charge on any atom is 0.258 e. The first-order valence-corrected chi connectivity index (χ1v) is 9.73. The Hall–Kier alpha value is -3.40. The Balaban J connectivity index is 1.67. The van der Waals surface area contributed by atoms with Gasteiger partial charge < -0.3 is 10.1 Å². The normalized spacial score (nSPS) is 11.5. The summed E-state index contributed by atoms with van der Waals surface area (Å²) in [6.07, 6.45) is 0.461. The van der Waals surface area contributed by atoms with Crippen molar-refractivity contribution in [2.75, 3.05) is 6.61 Å². The minimum absolute atomic E-state index is 0.0816. The van der Waals surface area contributed by atoms with Gasteiger partial charge in [0, 0.05) is 12.0 Å². The van der Waals surface area contributed by atoms with Gasteiger partial charge in [0.25, 0.3) is 5.91 Å². The van der Waals surface area contributed by atoms with E-state index in [-0.39, 0.29) is 24.3 Å². The molecule has 148 valence electrons. The standard InChI is InChI=1S/C25H25NO3/c1-3-23(27)19-13-15-22(16-14-19)29-17-24(28)26-25(20-7-5-4-6-8-20)21-11-9-18(2)10-12-21/h4-16,25H,3,17H2,1-2H3,(H,26,28)/t25-/m1/s1. The van der Waals surface area contributed by atoms with Crippen LogP contribution in [0, 0.1) is 6.92 Å². The second-order valence-electron chi connectivity index (χ2n) is 6.91. The summed E-state index contributed by atoms with van der Waals surface area (Å²) in [7, 11) is 0. The Morgan fingerprint density at radius 2 is 1.48 bits per heavy atom. The average molecular weight is 387 g/mol. The Morgan fingerprint density at radius 1 is 0.862 bits per heavy atom. The molecule has 0 aromatic heterocycles. The van der Waals surface area contributed by atoms with Crippen molar-refractivity contribution < 1.29 is 14.3 Å². The van der Waals surface area contributed by atoms with Crippen molar-refractivity contribution in [3.63, 3.8) is 0 Å². The van der Waals surface area contributed by atoms with Crippen molar-refractivity contribution in [1.82, 2.24) is 5.32 Å². The first-order chi connectivity index (χ1) is 14.1. The summed E-state index contributed by atoms with van der Waals surface area (Å²) < 4.78 is 5.60. The van der Waals surface area contributed by atoms with Gasteiger partial charge in [0.15, 0.2) is 12.4 Å². The van der Waals surface area contributed by atoms with Crippen molar-refractivity contribution in [1.29, 1.82) is 0 Å². The van der Waals surface area contributed by atoms with Crippen molar-refractivity contribution in [2.45, 2.75) is 26.3 Å². The van der Waals surface area contributed by atoms with Crippen LogP contribution in [0.1, 0.15) is 46.4 Å². The molecule has 0 saturated carbocycles. The van der Waals surface area contributed by atoms with Gasteiger partial charge in [-0.2, -0.15) is 0 Å². The van der Waals surface area contributed by atoms with Crippen molar-refractivity contribution in [3.05, 3.63) is 101 Å². The van der Waals surface area contributed by atoms with Crippen LogP contribution in [0.4, 0.5) is 0 Å². The monoisotopic (exact) mass is 387 g/mol. The highest BCUT2D eigenvalue weighted by molar-refractivity contribution is 5.95. The Kier molecular flexibility index (Phi) is 6.80. The molecule has 0 radical (unpaired) electrons. The minimum atomic E-state index is -0.252. The van der Waals surface area contributed by atoms with Crippen LogP contribution < -0.4 is 10.1 Å². The zero-order valence-corrected chi connectivity index (χ0v) is 16.7. The lowest BCUT2D eigenvalue weighted by molar-refractivity contribution is -0.123. The molecule has 1 amide bonds. The summed E-state index contributed by atoms with van der Waals surface area (Å²) in [5.41, 5.74) is 3.83. The van der Waals surface area contributed by atoms with Crippen LogP contribution in [0.25, 0.3) is 0 Å². The number of nitrogens with one attached hydrogen (secondary N) is 1. The second-order valence-corrected chi connectivity index (χ2v) is 6.91. The van der Waals surface area contributed by atoms with Gasteiger partial charge in [-0.3, -0.25) is 9.59 Å². The highest BCUT2D eigenvalue weighted by Crippen LogP contribution is 2.22. The first kappa shape index (κ1) is 20.3. The van der Waals surface area contributed by atoms with Gasteiger partial charge >= 0.3 is 0 Å². The van der Waals surface area contributed by atoms with Crippen molar-refractivity contribution in [2.24, 2.45) is 0 Å². The molecule has 0 unspecified atom stereocenters. The molecule has 0 aliphatic carbocycles. The Labute approximate surface area is 171 Å². The predicted octanol–water partition coefficient (Wildman–Crippen LogP) is 4.87. The van der Waals surface area contributed by atoms with Gasteiger partial charge in [0.1, 0.15) is 5.75 Å². The third-order valence-corrected chi connectivity index (χ3v) is 4.72. The number of ether oxygens (including phenoxy) is 1. The zero-order chi connectivity index (χ0) is 20.6. The SMILES string of the molecule is CCC(=O)c1ccc(OCC(=O)N[C@H](c2ccccc2)c2ccc(C)cc2)cc1. The lowest BCUT2D eigenvalue weighted by Gasteiger charge is -2.20. The maximum absolute atomic E-state index is 12.6. The maximum atomic E-state index is 12.6. The molecule has 3 aromatic carbocycles. The number of Topliss-reactive ketones (excluding diaryl/α,β-unsaturated/α-hetero) is 1. The third kappa shape index (κ3) is 5.55. The molecule has 3 aromatic rings. The number of rotatable bonds is 8. The van der Waals surface area contributed by atoms with E-state index in [0.29, 0.717) is 17.7 Å². The molecule has 4 heteroatoms. The molecule has 0 heterocycles. The van der Waals surface area contributed by atoms with E-state index in [2.05, 4.69) is 5.32 Å². The van der Waals surface area contributed by atoms with Crippen molar-refractivity contribution in [3.8, 4) is 5.75 Å². The smallest absolute Gasteiger partial charge is 0.258 e. The number of hydrogen-bond acceptors (Lipinski definition) is 3. The summed E-state index contributed by atoms with van der Waals surface area (Å²) in [4.78, 5) is 24.3. The van der Waals surface area contributed by atoms with E-state index in [1.807, 2.05) is 68.4 Å². The van der Waals surface area contributed by atoms with E-state index < -0.39 is 0 Å². The van der Waals surface area contributed by atoms with E-state index in [9.17, 15) is 9.59 Å². The molecule has 0 aliphatic heterocycles. The molecule has 1 N–H and O–H groups in total. The zero-order valence-electron chi connectivity index (χ0n) is 16.7. The summed E-state index contributed by atoms with van der Waals surface area (Å²) in [6, 6.07) is 24.6. The van der Waals surface area contributed by atoms with Gasteiger partial charge in [0.05, 0.1) is 6.04 Å². The number of hydrogen-bond donors (Lipinski definition) is 1. The van der Waals surface area contributed by atoms with E-state index >= 15 is 0 Å². The Morgan fingerprint density at radius 3 is 2.10 bits per heavy atom. The van der Waals surface area contributed by atoms with Gasteiger partial charge in [-0.1, -0.05) is 67.1 Å². The molecule has 0 bridgehead atoms. The third-order valence-electron chi connectivity index (χ3n) is 4.72. The van der Waals surface area contributed by atoms with E-state index in [0.717, 1.165) is 11.1 Å². The quantitative estimate of drug-likeness (QED) is 0.561. The highest BCUT2D eigenvalue weighted by atomic mass is 16.5.